The van der Waals surface area contributed by atoms with Crippen molar-refractivity contribution in [2.75, 3.05) is 0 Å². The van der Waals surface area contributed by atoms with E-state index >= 15 is 0 Å². The summed E-state index contributed by atoms with van der Waals surface area (Å²) in [6.45, 7) is 4.14. The van der Waals surface area contributed by atoms with Crippen molar-refractivity contribution in [2.45, 2.75) is 51.7 Å². The van der Waals surface area contributed by atoms with Crippen LogP contribution in [0, 0.1) is 5.82 Å². The standard InChI is InChI=1S/C28H30ClFN2O2/c1-3-20(2)31-28(34)26(17-21-11-6-4-7-12-21)32(19-22-13-8-5-9-14-22)27(33)18-23-24(29)15-10-16-25(23)30/h4-16,20,26H,3,17-19H2,1-2H3,(H,31,34)/t20-,26+/m0/s1. The highest BCUT2D eigenvalue weighted by Gasteiger charge is 2.31. The van der Waals surface area contributed by atoms with E-state index in [1.165, 1.54) is 12.1 Å². The van der Waals surface area contributed by atoms with Crippen LogP contribution in [-0.2, 0) is 29.0 Å². The summed E-state index contributed by atoms with van der Waals surface area (Å²) in [6, 6.07) is 22.6. The molecule has 0 aliphatic heterocycles. The van der Waals surface area contributed by atoms with Gasteiger partial charge in [0, 0.05) is 29.6 Å². The third kappa shape index (κ3) is 6.91. The molecule has 6 heteroatoms. The van der Waals surface area contributed by atoms with Crippen LogP contribution in [0.25, 0.3) is 0 Å². The Balaban J connectivity index is 1.99. The first kappa shape index (κ1) is 25.4. The maximum atomic E-state index is 14.5. The zero-order valence-electron chi connectivity index (χ0n) is 19.5. The van der Waals surface area contributed by atoms with Crippen LogP contribution in [-0.4, -0.2) is 28.8 Å². The van der Waals surface area contributed by atoms with Crippen LogP contribution < -0.4 is 5.32 Å². The van der Waals surface area contributed by atoms with Gasteiger partial charge in [0.05, 0.1) is 6.42 Å². The minimum atomic E-state index is -0.769. The molecule has 178 valence electrons. The number of hydrogen-bond acceptors (Lipinski definition) is 2. The van der Waals surface area contributed by atoms with Crippen LogP contribution in [0.3, 0.4) is 0 Å². The molecule has 0 radical (unpaired) electrons. The summed E-state index contributed by atoms with van der Waals surface area (Å²) in [7, 11) is 0. The molecule has 4 nitrogen and oxygen atoms in total. The van der Waals surface area contributed by atoms with Crippen molar-refractivity contribution in [3.05, 3.63) is 106 Å². The first-order valence-corrected chi connectivity index (χ1v) is 11.9. The van der Waals surface area contributed by atoms with Crippen molar-refractivity contribution in [3.63, 3.8) is 0 Å². The van der Waals surface area contributed by atoms with Crippen molar-refractivity contribution in [2.24, 2.45) is 0 Å². The lowest BCUT2D eigenvalue weighted by Crippen LogP contribution is -2.52. The number of amides is 2. The second kappa shape index (κ2) is 12.3. The average Bonchev–Trinajstić information content (AvgIpc) is 2.84. The van der Waals surface area contributed by atoms with Crippen LogP contribution >= 0.6 is 11.6 Å². The second-order valence-corrected chi connectivity index (χ2v) is 8.81. The topological polar surface area (TPSA) is 49.4 Å². The number of benzene rings is 3. The van der Waals surface area contributed by atoms with Crippen LogP contribution in [0.4, 0.5) is 4.39 Å². The van der Waals surface area contributed by atoms with E-state index in [0.29, 0.717) is 6.42 Å². The third-order valence-corrected chi connectivity index (χ3v) is 6.21. The molecule has 3 aromatic carbocycles. The van der Waals surface area contributed by atoms with Crippen LogP contribution in [0.1, 0.15) is 37.0 Å². The third-order valence-electron chi connectivity index (χ3n) is 5.86. The summed E-state index contributed by atoms with van der Waals surface area (Å²) in [6.07, 6.45) is 0.869. The fourth-order valence-electron chi connectivity index (χ4n) is 3.73. The molecule has 0 aliphatic carbocycles. The van der Waals surface area contributed by atoms with Gasteiger partial charge in [0.25, 0.3) is 0 Å². The monoisotopic (exact) mass is 480 g/mol. The summed E-state index contributed by atoms with van der Waals surface area (Å²) in [5.74, 6) is -1.14. The molecule has 0 saturated heterocycles. The molecule has 0 saturated carbocycles. The van der Waals surface area contributed by atoms with E-state index in [1.54, 1.807) is 11.0 Å². The number of carbonyl (C=O) groups is 2. The van der Waals surface area contributed by atoms with Crippen molar-refractivity contribution in [1.82, 2.24) is 10.2 Å². The van der Waals surface area contributed by atoms with Gasteiger partial charge in [0.1, 0.15) is 11.9 Å². The predicted molar refractivity (Wildman–Crippen MR) is 134 cm³/mol. The highest BCUT2D eigenvalue weighted by atomic mass is 35.5. The van der Waals surface area contributed by atoms with Gasteiger partial charge >= 0.3 is 0 Å². The highest BCUT2D eigenvalue weighted by molar-refractivity contribution is 6.31. The predicted octanol–water partition coefficient (Wildman–Crippen LogP) is 5.58. The van der Waals surface area contributed by atoms with Gasteiger partial charge in [-0.15, -0.1) is 0 Å². The molecule has 3 aromatic rings. The Morgan fingerprint density at radius 1 is 0.941 bits per heavy atom. The van der Waals surface area contributed by atoms with E-state index in [-0.39, 0.29) is 41.4 Å². The van der Waals surface area contributed by atoms with Crippen molar-refractivity contribution in [1.29, 1.82) is 0 Å². The normalized spacial score (nSPS) is 12.6. The molecule has 34 heavy (non-hydrogen) atoms. The molecule has 1 N–H and O–H groups in total. The Hall–Kier alpha value is -3.18. The Morgan fingerprint density at radius 3 is 2.15 bits per heavy atom. The zero-order valence-corrected chi connectivity index (χ0v) is 20.3. The lowest BCUT2D eigenvalue weighted by molar-refractivity contribution is -0.141. The Bertz CT molecular complexity index is 1070. The van der Waals surface area contributed by atoms with Crippen molar-refractivity contribution in [3.8, 4) is 0 Å². The number of carbonyl (C=O) groups excluding carboxylic acids is 2. The molecule has 3 rings (SSSR count). The van der Waals surface area contributed by atoms with Gasteiger partial charge in [-0.3, -0.25) is 9.59 Å². The lowest BCUT2D eigenvalue weighted by Gasteiger charge is -2.32. The van der Waals surface area contributed by atoms with E-state index in [2.05, 4.69) is 5.32 Å². The van der Waals surface area contributed by atoms with Crippen LogP contribution in [0.15, 0.2) is 78.9 Å². The van der Waals surface area contributed by atoms with Gasteiger partial charge < -0.3 is 10.2 Å². The Morgan fingerprint density at radius 2 is 1.56 bits per heavy atom. The van der Waals surface area contributed by atoms with E-state index in [4.69, 9.17) is 11.6 Å². The summed E-state index contributed by atoms with van der Waals surface area (Å²) < 4.78 is 14.5. The van der Waals surface area contributed by atoms with Crippen LogP contribution in [0.5, 0.6) is 0 Å². The molecule has 0 aromatic heterocycles. The maximum Gasteiger partial charge on any atom is 0.243 e. The maximum absolute atomic E-state index is 14.5. The molecule has 0 heterocycles. The molecule has 0 unspecified atom stereocenters. The number of nitrogens with one attached hydrogen (secondary N) is 1. The Kier molecular flexibility index (Phi) is 9.23. The molecule has 0 aliphatic rings. The second-order valence-electron chi connectivity index (χ2n) is 8.41. The number of halogens is 2. The quantitative estimate of drug-likeness (QED) is 0.412. The van der Waals surface area contributed by atoms with E-state index in [9.17, 15) is 14.0 Å². The molecule has 2 atom stereocenters. The number of nitrogens with zero attached hydrogens (tertiary/aromatic N) is 1. The number of hydrogen-bond donors (Lipinski definition) is 1. The first-order chi connectivity index (χ1) is 16.4. The fourth-order valence-corrected chi connectivity index (χ4v) is 3.96. The average molecular weight is 481 g/mol. The van der Waals surface area contributed by atoms with Crippen molar-refractivity contribution < 1.29 is 14.0 Å². The van der Waals surface area contributed by atoms with Gasteiger partial charge in [0.2, 0.25) is 11.8 Å². The molecular formula is C28H30ClFN2O2. The summed E-state index contributed by atoms with van der Waals surface area (Å²) in [4.78, 5) is 28.6. The van der Waals surface area contributed by atoms with E-state index in [1.807, 2.05) is 74.5 Å². The summed E-state index contributed by atoms with van der Waals surface area (Å²) in [5, 5.41) is 3.22. The molecular weight excluding hydrogens is 451 g/mol. The molecule has 2 amide bonds. The van der Waals surface area contributed by atoms with Crippen molar-refractivity contribution >= 4 is 23.4 Å². The summed E-state index contributed by atoms with van der Waals surface area (Å²) in [5.41, 5.74) is 1.94. The van der Waals surface area contributed by atoms with Gasteiger partial charge in [0.15, 0.2) is 0 Å². The van der Waals surface area contributed by atoms with E-state index < -0.39 is 11.9 Å². The Labute approximate surface area is 205 Å². The van der Waals surface area contributed by atoms with Crippen LogP contribution in [0.2, 0.25) is 5.02 Å². The minimum Gasteiger partial charge on any atom is -0.352 e. The molecule has 0 fully saturated rings. The van der Waals surface area contributed by atoms with Gasteiger partial charge in [-0.2, -0.15) is 0 Å². The lowest BCUT2D eigenvalue weighted by atomic mass is 10.0. The van der Waals surface area contributed by atoms with Gasteiger partial charge in [-0.1, -0.05) is 85.3 Å². The van der Waals surface area contributed by atoms with Gasteiger partial charge in [-0.25, -0.2) is 4.39 Å². The van der Waals surface area contributed by atoms with E-state index in [0.717, 1.165) is 17.5 Å². The fraction of sp³-hybridized carbons (Fsp3) is 0.286. The minimum absolute atomic E-state index is 0.0412. The zero-order chi connectivity index (χ0) is 24.5. The molecule has 0 bridgehead atoms. The largest absolute Gasteiger partial charge is 0.352 e. The number of rotatable bonds is 10. The summed E-state index contributed by atoms with van der Waals surface area (Å²) >= 11 is 6.21. The first-order valence-electron chi connectivity index (χ1n) is 11.5. The molecule has 0 spiro atoms. The van der Waals surface area contributed by atoms with Gasteiger partial charge in [-0.05, 0) is 36.6 Å². The SMILES string of the molecule is CC[C@H](C)NC(=O)[C@@H](Cc1ccccc1)N(Cc1ccccc1)C(=O)Cc1c(F)cccc1Cl. The smallest absolute Gasteiger partial charge is 0.243 e. The highest BCUT2D eigenvalue weighted by Crippen LogP contribution is 2.22.